The highest BCUT2D eigenvalue weighted by Gasteiger charge is 2.21. The number of benzene rings is 2. The van der Waals surface area contributed by atoms with Gasteiger partial charge >= 0.3 is 0 Å². The predicted molar refractivity (Wildman–Crippen MR) is 111 cm³/mol. The molecule has 1 fully saturated rings. The van der Waals surface area contributed by atoms with Gasteiger partial charge in [-0.05, 0) is 36.4 Å². The Hall–Kier alpha value is -2.84. The molecule has 1 saturated heterocycles. The molecule has 1 aliphatic rings. The summed E-state index contributed by atoms with van der Waals surface area (Å²) in [5.74, 6) is 0.928. The number of hydrogen-bond acceptors (Lipinski definition) is 7. The average Bonchev–Trinajstić information content (AvgIpc) is 3.17. The second-order valence-electron chi connectivity index (χ2n) is 7.09. The normalized spacial score (nSPS) is 16.1. The van der Waals surface area contributed by atoms with Crippen molar-refractivity contribution < 1.29 is 14.7 Å². The molecule has 2 aromatic carbocycles. The lowest BCUT2D eigenvalue weighted by atomic mass is 10.2. The largest absolute Gasteiger partial charge is 0.492 e. The van der Waals surface area contributed by atoms with Crippen LogP contribution in [-0.2, 0) is 0 Å². The minimum atomic E-state index is -0.597. The van der Waals surface area contributed by atoms with E-state index in [-0.39, 0.29) is 6.61 Å². The Kier molecular flexibility index (Phi) is 6.12. The number of rotatable bonds is 8. The van der Waals surface area contributed by atoms with Crippen molar-refractivity contribution >= 4 is 16.7 Å². The van der Waals surface area contributed by atoms with Crippen LogP contribution in [0, 0.1) is 0 Å². The zero-order valence-electron chi connectivity index (χ0n) is 16.6. The predicted octanol–water partition coefficient (Wildman–Crippen LogP) is 1.44. The summed E-state index contributed by atoms with van der Waals surface area (Å²) in [7, 11) is 0. The van der Waals surface area contributed by atoms with E-state index >= 15 is 0 Å². The minimum absolute atomic E-state index is 0.167. The third kappa shape index (κ3) is 4.60. The van der Waals surface area contributed by atoms with Gasteiger partial charge in [0.05, 0.1) is 12.3 Å². The van der Waals surface area contributed by atoms with Gasteiger partial charge in [-0.25, -0.2) is 0 Å². The molecule has 0 aliphatic carbocycles. The highest BCUT2D eigenvalue weighted by atomic mass is 16.7. The van der Waals surface area contributed by atoms with Crippen LogP contribution in [0.5, 0.6) is 5.75 Å². The van der Waals surface area contributed by atoms with Gasteiger partial charge in [0.25, 0.3) is 0 Å². The summed E-state index contributed by atoms with van der Waals surface area (Å²) in [4.78, 5) is 11.6. The Balaban J connectivity index is 1.26. The fourth-order valence-electron chi connectivity index (χ4n) is 3.62. The van der Waals surface area contributed by atoms with Gasteiger partial charge in [0.15, 0.2) is 0 Å². The van der Waals surface area contributed by atoms with Crippen LogP contribution < -0.4 is 14.5 Å². The van der Waals surface area contributed by atoms with Crippen LogP contribution in [0.15, 0.2) is 48.5 Å². The molecule has 4 rings (SSSR count). The number of aromatic nitrogens is 3. The average molecular weight is 397 g/mol. The van der Waals surface area contributed by atoms with Gasteiger partial charge in [-0.3, -0.25) is 4.90 Å². The van der Waals surface area contributed by atoms with Crippen LogP contribution in [0.1, 0.15) is 6.92 Å². The minimum Gasteiger partial charge on any atom is -0.492 e. The van der Waals surface area contributed by atoms with Gasteiger partial charge in [0, 0.05) is 32.7 Å². The molecule has 1 atom stereocenters. The summed E-state index contributed by atoms with van der Waals surface area (Å²) in [6.45, 7) is 6.93. The molecule has 1 aromatic heterocycles. The van der Waals surface area contributed by atoms with E-state index < -0.39 is 6.10 Å². The second kappa shape index (κ2) is 9.11. The van der Waals surface area contributed by atoms with Gasteiger partial charge < -0.3 is 19.6 Å². The number of nitrogens with zero attached hydrogens (tertiary/aromatic N) is 5. The summed E-state index contributed by atoms with van der Waals surface area (Å²) in [6, 6.07) is 15.7. The zero-order chi connectivity index (χ0) is 20.1. The number of aliphatic hydroxyl groups excluding tert-OH is 1. The first kappa shape index (κ1) is 19.5. The molecule has 154 valence electrons. The summed E-state index contributed by atoms with van der Waals surface area (Å²) >= 11 is 0. The van der Waals surface area contributed by atoms with E-state index in [2.05, 4.69) is 26.2 Å². The quantitative estimate of drug-likeness (QED) is 0.616. The molecule has 8 nitrogen and oxygen atoms in total. The molecule has 0 amide bonds. The SMILES string of the molecule is CCOc1ccccc1N1CCN(C[C@@H](O)COn2nnc3ccccc32)CC1. The van der Waals surface area contributed by atoms with E-state index in [9.17, 15) is 5.11 Å². The van der Waals surface area contributed by atoms with Crippen molar-refractivity contribution in [3.8, 4) is 5.75 Å². The maximum atomic E-state index is 10.4. The third-order valence-electron chi connectivity index (χ3n) is 5.06. The molecule has 1 aliphatic heterocycles. The van der Waals surface area contributed by atoms with Gasteiger partial charge in [0.1, 0.15) is 29.5 Å². The Bertz CT molecular complexity index is 923. The Morgan fingerprint density at radius 1 is 1.03 bits per heavy atom. The second-order valence-corrected chi connectivity index (χ2v) is 7.09. The molecule has 3 aromatic rings. The maximum absolute atomic E-state index is 10.4. The molecule has 0 saturated carbocycles. The van der Waals surface area contributed by atoms with Crippen LogP contribution >= 0.6 is 0 Å². The lowest BCUT2D eigenvalue weighted by Crippen LogP contribution is -2.49. The molecule has 2 heterocycles. The molecular formula is C21H27N5O3. The zero-order valence-corrected chi connectivity index (χ0v) is 16.6. The van der Waals surface area contributed by atoms with Gasteiger partial charge in [0.2, 0.25) is 0 Å². The van der Waals surface area contributed by atoms with Crippen LogP contribution in [0.25, 0.3) is 11.0 Å². The van der Waals surface area contributed by atoms with Crippen LogP contribution in [0.4, 0.5) is 5.69 Å². The van der Waals surface area contributed by atoms with E-state index in [0.717, 1.165) is 48.6 Å². The summed E-state index contributed by atoms with van der Waals surface area (Å²) in [5, 5.41) is 18.4. The first-order valence-corrected chi connectivity index (χ1v) is 10.1. The van der Waals surface area contributed by atoms with E-state index in [1.165, 1.54) is 4.85 Å². The lowest BCUT2D eigenvalue weighted by Gasteiger charge is -2.37. The van der Waals surface area contributed by atoms with E-state index in [1.807, 2.05) is 49.4 Å². The highest BCUT2D eigenvalue weighted by Crippen LogP contribution is 2.28. The lowest BCUT2D eigenvalue weighted by molar-refractivity contribution is -0.00128. The van der Waals surface area contributed by atoms with Crippen LogP contribution in [0.2, 0.25) is 0 Å². The number of fused-ring (bicyclic) bond motifs is 1. The first-order chi connectivity index (χ1) is 14.2. The molecule has 0 unspecified atom stereocenters. The molecule has 0 bridgehead atoms. The van der Waals surface area contributed by atoms with Crippen molar-refractivity contribution in [3.05, 3.63) is 48.5 Å². The Labute approximate surface area is 170 Å². The summed E-state index contributed by atoms with van der Waals surface area (Å²) in [5.41, 5.74) is 2.70. The van der Waals surface area contributed by atoms with Crippen molar-refractivity contribution in [1.29, 1.82) is 0 Å². The molecule has 0 spiro atoms. The van der Waals surface area contributed by atoms with Gasteiger partial charge in [-0.1, -0.05) is 29.1 Å². The van der Waals surface area contributed by atoms with Crippen molar-refractivity contribution in [3.63, 3.8) is 0 Å². The number of aliphatic hydroxyl groups is 1. The highest BCUT2D eigenvalue weighted by molar-refractivity contribution is 5.73. The number of ether oxygens (including phenoxy) is 1. The summed E-state index contributed by atoms with van der Waals surface area (Å²) in [6.07, 6.45) is -0.597. The molecule has 0 radical (unpaired) electrons. The third-order valence-corrected chi connectivity index (χ3v) is 5.06. The van der Waals surface area contributed by atoms with Crippen molar-refractivity contribution in [1.82, 2.24) is 20.1 Å². The molecule has 29 heavy (non-hydrogen) atoms. The molecular weight excluding hydrogens is 370 g/mol. The standard InChI is InChI=1S/C21H27N5O3/c1-2-28-21-10-6-5-9-20(21)25-13-11-24(12-14-25)15-17(27)16-29-26-19-8-4-3-7-18(19)22-23-26/h3-10,17,27H,2,11-16H2,1H3/t17-/m1/s1. The fourth-order valence-corrected chi connectivity index (χ4v) is 3.62. The van der Waals surface area contributed by atoms with Crippen molar-refractivity contribution in [2.75, 3.05) is 50.8 Å². The Morgan fingerprint density at radius 3 is 2.62 bits per heavy atom. The number of anilines is 1. The number of piperazine rings is 1. The topological polar surface area (TPSA) is 75.9 Å². The van der Waals surface area contributed by atoms with E-state index in [0.29, 0.717) is 13.2 Å². The maximum Gasteiger partial charge on any atom is 0.144 e. The Morgan fingerprint density at radius 2 is 1.79 bits per heavy atom. The smallest absolute Gasteiger partial charge is 0.144 e. The van der Waals surface area contributed by atoms with Gasteiger partial charge in [-0.2, -0.15) is 0 Å². The monoisotopic (exact) mass is 397 g/mol. The van der Waals surface area contributed by atoms with E-state index in [4.69, 9.17) is 9.57 Å². The first-order valence-electron chi connectivity index (χ1n) is 10.1. The summed E-state index contributed by atoms with van der Waals surface area (Å²) < 4.78 is 5.75. The van der Waals surface area contributed by atoms with Crippen LogP contribution in [0.3, 0.4) is 0 Å². The number of β-amino-alcohol motifs (C(OH)–C–C–N with tert-alkyl or cyclic N) is 1. The van der Waals surface area contributed by atoms with E-state index in [1.54, 1.807) is 0 Å². The van der Waals surface area contributed by atoms with Crippen LogP contribution in [-0.4, -0.2) is 77.2 Å². The molecule has 8 heteroatoms. The number of hydrogen-bond donors (Lipinski definition) is 1. The molecule has 1 N–H and O–H groups in total. The van der Waals surface area contributed by atoms with Gasteiger partial charge in [-0.15, -0.1) is 5.10 Å². The van der Waals surface area contributed by atoms with Crippen molar-refractivity contribution in [2.24, 2.45) is 0 Å². The fraction of sp³-hybridized carbons (Fsp3) is 0.429. The number of para-hydroxylation sites is 3. The van der Waals surface area contributed by atoms with Crippen molar-refractivity contribution in [2.45, 2.75) is 13.0 Å².